The van der Waals surface area contributed by atoms with E-state index in [1.54, 1.807) is 6.07 Å². The van der Waals surface area contributed by atoms with E-state index in [0.717, 1.165) is 12.1 Å². The summed E-state index contributed by atoms with van der Waals surface area (Å²) in [5.41, 5.74) is 3.24. The molecule has 118 valence electrons. The summed E-state index contributed by atoms with van der Waals surface area (Å²) in [6.45, 7) is 3.64. The highest BCUT2D eigenvalue weighted by Gasteiger charge is 2.09. The first-order chi connectivity index (χ1) is 10.7. The number of nitrogens with one attached hydrogen (secondary N) is 1. The van der Waals surface area contributed by atoms with E-state index in [9.17, 15) is 4.79 Å². The summed E-state index contributed by atoms with van der Waals surface area (Å²) in [6.07, 6.45) is 0.849. The largest absolute Gasteiger partial charge is 0.379 e. The third-order valence-corrected chi connectivity index (χ3v) is 3.62. The highest BCUT2D eigenvalue weighted by molar-refractivity contribution is 5.30. The number of pyridine rings is 1. The Bertz CT molecular complexity index is 622. The van der Waals surface area contributed by atoms with Gasteiger partial charge in [0.15, 0.2) is 0 Å². The lowest BCUT2D eigenvalue weighted by Gasteiger charge is -2.12. The molecule has 3 N–H and O–H groups in total. The molecule has 1 atom stereocenters. The molecule has 1 aromatic carbocycles. The molecule has 22 heavy (non-hydrogen) atoms. The Morgan fingerprint density at radius 3 is 2.55 bits per heavy atom. The van der Waals surface area contributed by atoms with Gasteiger partial charge < -0.3 is 14.6 Å². The second-order valence-corrected chi connectivity index (χ2v) is 5.17. The zero-order valence-electron chi connectivity index (χ0n) is 12.7. The third kappa shape index (κ3) is 4.80. The summed E-state index contributed by atoms with van der Waals surface area (Å²) in [4.78, 5) is 18.7. The molecule has 0 bridgehead atoms. The smallest absolute Gasteiger partial charge is 0.248 e. The van der Waals surface area contributed by atoms with Crippen LogP contribution in [0.2, 0.25) is 0 Å². The molecule has 0 saturated heterocycles. The first-order valence-electron chi connectivity index (χ1n) is 7.38. The molecule has 0 fully saturated rings. The number of aromatic nitrogens is 1. The number of nitrogens with two attached hydrogens (primary N) is 1. The van der Waals surface area contributed by atoms with Crippen LogP contribution in [0, 0.1) is 0 Å². The highest BCUT2D eigenvalue weighted by atomic mass is 16.6. The van der Waals surface area contributed by atoms with Gasteiger partial charge in [-0.25, -0.2) is 5.90 Å². The van der Waals surface area contributed by atoms with Gasteiger partial charge in [0.2, 0.25) is 5.56 Å². The van der Waals surface area contributed by atoms with Gasteiger partial charge in [0.1, 0.15) is 0 Å². The van der Waals surface area contributed by atoms with Crippen molar-refractivity contribution in [1.29, 1.82) is 0 Å². The van der Waals surface area contributed by atoms with Crippen LogP contribution in [-0.2, 0) is 16.0 Å². The molecule has 1 aromatic heterocycles. The lowest BCUT2D eigenvalue weighted by molar-refractivity contribution is 0.0490. The van der Waals surface area contributed by atoms with Crippen molar-refractivity contribution < 1.29 is 9.57 Å². The lowest BCUT2D eigenvalue weighted by Crippen LogP contribution is -2.10. The molecule has 1 unspecified atom stereocenters. The van der Waals surface area contributed by atoms with E-state index in [-0.39, 0.29) is 11.5 Å². The Morgan fingerprint density at radius 2 is 1.86 bits per heavy atom. The van der Waals surface area contributed by atoms with Crippen molar-refractivity contribution >= 4 is 0 Å². The van der Waals surface area contributed by atoms with Crippen molar-refractivity contribution in [2.24, 2.45) is 5.90 Å². The van der Waals surface area contributed by atoms with Crippen molar-refractivity contribution in [3.8, 4) is 0 Å². The summed E-state index contributed by atoms with van der Waals surface area (Å²) < 4.78 is 5.39. The van der Waals surface area contributed by atoms with Crippen molar-refractivity contribution in [2.45, 2.75) is 19.3 Å². The average molecular weight is 302 g/mol. The van der Waals surface area contributed by atoms with E-state index in [1.165, 1.54) is 17.2 Å². The maximum Gasteiger partial charge on any atom is 0.248 e. The third-order valence-electron chi connectivity index (χ3n) is 3.62. The van der Waals surface area contributed by atoms with Gasteiger partial charge in [-0.3, -0.25) is 4.79 Å². The number of H-pyrrole nitrogens is 1. The summed E-state index contributed by atoms with van der Waals surface area (Å²) in [5, 5.41) is 0. The summed E-state index contributed by atoms with van der Waals surface area (Å²) in [6, 6.07) is 13.6. The van der Waals surface area contributed by atoms with Gasteiger partial charge in [0, 0.05) is 17.7 Å². The predicted octanol–water partition coefficient (Wildman–Crippen LogP) is 1.98. The van der Waals surface area contributed by atoms with Crippen LogP contribution in [0.15, 0.2) is 47.3 Å². The summed E-state index contributed by atoms with van der Waals surface area (Å²) in [5.74, 6) is 5.08. The zero-order valence-corrected chi connectivity index (χ0v) is 12.7. The molecule has 2 aromatic rings. The van der Waals surface area contributed by atoms with Gasteiger partial charge in [0.25, 0.3) is 0 Å². The molecule has 0 saturated carbocycles. The Balaban J connectivity index is 1.92. The molecule has 5 nitrogen and oxygen atoms in total. The molecule has 0 aliphatic rings. The molecular weight excluding hydrogens is 280 g/mol. The van der Waals surface area contributed by atoms with E-state index in [2.05, 4.69) is 41.0 Å². The van der Waals surface area contributed by atoms with E-state index in [1.807, 2.05) is 6.07 Å². The average Bonchev–Trinajstić information content (AvgIpc) is 2.54. The van der Waals surface area contributed by atoms with Gasteiger partial charge >= 0.3 is 0 Å². The number of benzene rings is 1. The number of rotatable bonds is 8. The van der Waals surface area contributed by atoms with Gasteiger partial charge in [0.05, 0.1) is 19.8 Å². The first kappa shape index (κ1) is 16.4. The molecule has 0 aliphatic carbocycles. The quantitative estimate of drug-likeness (QED) is 0.577. The first-order valence-corrected chi connectivity index (χ1v) is 7.38. The maximum absolute atomic E-state index is 11.4. The van der Waals surface area contributed by atoms with Crippen LogP contribution in [0.4, 0.5) is 0 Å². The van der Waals surface area contributed by atoms with Crippen LogP contribution in [-0.4, -0.2) is 24.8 Å². The molecule has 5 heteroatoms. The molecular formula is C17H22N2O3. The molecule has 0 aliphatic heterocycles. The Morgan fingerprint density at radius 1 is 1.09 bits per heavy atom. The minimum atomic E-state index is -0.0698. The fraction of sp³-hybridized carbons (Fsp3) is 0.353. The van der Waals surface area contributed by atoms with Crippen molar-refractivity contribution in [3.63, 3.8) is 0 Å². The molecule has 2 rings (SSSR count). The minimum absolute atomic E-state index is 0.0698. The Kier molecular flexibility index (Phi) is 6.33. The van der Waals surface area contributed by atoms with E-state index < -0.39 is 0 Å². The normalized spacial score (nSPS) is 12.3. The van der Waals surface area contributed by atoms with E-state index >= 15 is 0 Å². The van der Waals surface area contributed by atoms with Crippen LogP contribution in [0.1, 0.15) is 29.7 Å². The standard InChI is InChI=1S/C17H22N2O3/c1-13(16-3-2-4-17(20)19-16)15-7-5-14(6-8-15)9-10-21-11-12-22-18/h2-8,13H,9-12,18H2,1H3,(H,19,20). The van der Waals surface area contributed by atoms with Crippen LogP contribution in [0.3, 0.4) is 0 Å². The Labute approximate surface area is 130 Å². The second-order valence-electron chi connectivity index (χ2n) is 5.17. The number of hydrogen-bond donors (Lipinski definition) is 2. The van der Waals surface area contributed by atoms with Crippen LogP contribution >= 0.6 is 0 Å². The molecule has 0 amide bonds. The second kappa shape index (κ2) is 8.48. The number of hydrogen-bond acceptors (Lipinski definition) is 4. The minimum Gasteiger partial charge on any atom is -0.379 e. The summed E-state index contributed by atoms with van der Waals surface area (Å²) in [7, 11) is 0. The van der Waals surface area contributed by atoms with Crippen molar-refractivity contribution in [1.82, 2.24) is 4.98 Å². The van der Waals surface area contributed by atoms with Crippen LogP contribution < -0.4 is 11.5 Å². The maximum atomic E-state index is 11.4. The van der Waals surface area contributed by atoms with Crippen LogP contribution in [0.5, 0.6) is 0 Å². The lowest BCUT2D eigenvalue weighted by atomic mass is 9.96. The highest BCUT2D eigenvalue weighted by Crippen LogP contribution is 2.21. The summed E-state index contributed by atoms with van der Waals surface area (Å²) >= 11 is 0. The van der Waals surface area contributed by atoms with Crippen molar-refractivity contribution in [2.75, 3.05) is 19.8 Å². The Hall–Kier alpha value is -1.95. The van der Waals surface area contributed by atoms with Crippen LogP contribution in [0.25, 0.3) is 0 Å². The number of ether oxygens (including phenoxy) is 1. The van der Waals surface area contributed by atoms with Crippen molar-refractivity contribution in [3.05, 3.63) is 69.6 Å². The topological polar surface area (TPSA) is 77.3 Å². The van der Waals surface area contributed by atoms with E-state index in [4.69, 9.17) is 10.6 Å². The monoisotopic (exact) mass is 302 g/mol. The fourth-order valence-corrected chi connectivity index (χ4v) is 2.27. The van der Waals surface area contributed by atoms with E-state index in [0.29, 0.717) is 19.8 Å². The van der Waals surface area contributed by atoms with Gasteiger partial charge in [-0.15, -0.1) is 0 Å². The van der Waals surface area contributed by atoms with Gasteiger partial charge in [-0.1, -0.05) is 37.3 Å². The predicted molar refractivity (Wildman–Crippen MR) is 85.7 cm³/mol. The molecule has 0 radical (unpaired) electrons. The zero-order chi connectivity index (χ0) is 15.8. The van der Waals surface area contributed by atoms with Gasteiger partial charge in [-0.2, -0.15) is 0 Å². The van der Waals surface area contributed by atoms with Gasteiger partial charge in [-0.05, 0) is 23.6 Å². The fourth-order valence-electron chi connectivity index (χ4n) is 2.27. The molecule has 0 spiro atoms. The molecule has 1 heterocycles. The number of aromatic amines is 1. The SMILES string of the molecule is CC(c1ccc(CCOCCON)cc1)c1cccc(=O)[nH]1.